The van der Waals surface area contributed by atoms with Gasteiger partial charge in [0, 0.05) is 6.54 Å². The molecule has 0 saturated carbocycles. The summed E-state index contributed by atoms with van der Waals surface area (Å²) in [5.74, 6) is 0.931. The van der Waals surface area contributed by atoms with Crippen LogP contribution in [0.4, 0.5) is 5.69 Å². The van der Waals surface area contributed by atoms with Gasteiger partial charge in [-0.25, -0.2) is 8.42 Å². The molecular formula is C23H32N2O5S. The van der Waals surface area contributed by atoms with E-state index in [-0.39, 0.29) is 5.91 Å². The summed E-state index contributed by atoms with van der Waals surface area (Å²) in [6.45, 7) is 6.05. The van der Waals surface area contributed by atoms with Gasteiger partial charge >= 0.3 is 0 Å². The summed E-state index contributed by atoms with van der Waals surface area (Å²) in [5.41, 5.74) is 3.49. The lowest BCUT2D eigenvalue weighted by Crippen LogP contribution is -2.49. The van der Waals surface area contributed by atoms with E-state index >= 15 is 0 Å². The van der Waals surface area contributed by atoms with Gasteiger partial charge in [0.25, 0.3) is 0 Å². The van der Waals surface area contributed by atoms with Crippen LogP contribution in [0.5, 0.6) is 11.5 Å². The molecule has 1 atom stereocenters. The average Bonchev–Trinajstić information content (AvgIpc) is 2.72. The minimum absolute atomic E-state index is 0.327. The standard InChI is InChI=1S/C23H32N2O5S/c1-7-20(25(31(6,27)28)19-10-8-16(2)17(3)14-19)23(26)24-13-12-18-9-11-21(29-4)22(15-18)30-5/h8-11,14-15,20H,7,12-13H2,1-6H3,(H,24,26)/t20-/m1/s1. The first-order valence-corrected chi connectivity index (χ1v) is 12.0. The molecule has 2 aromatic carbocycles. The number of ether oxygens (including phenoxy) is 2. The molecule has 7 nitrogen and oxygen atoms in total. The van der Waals surface area contributed by atoms with Crippen molar-refractivity contribution in [1.82, 2.24) is 5.32 Å². The molecule has 0 aliphatic rings. The quantitative estimate of drug-likeness (QED) is 0.603. The number of hydrogen-bond acceptors (Lipinski definition) is 5. The SMILES string of the molecule is CC[C@H](C(=O)NCCc1ccc(OC)c(OC)c1)N(c1ccc(C)c(C)c1)S(C)(=O)=O. The van der Waals surface area contributed by atoms with Crippen molar-refractivity contribution in [2.75, 3.05) is 31.3 Å². The summed E-state index contributed by atoms with van der Waals surface area (Å²) in [6.07, 6.45) is 2.05. The summed E-state index contributed by atoms with van der Waals surface area (Å²) >= 11 is 0. The van der Waals surface area contributed by atoms with Gasteiger partial charge in [-0.3, -0.25) is 9.10 Å². The summed E-state index contributed by atoms with van der Waals surface area (Å²) in [5, 5.41) is 2.88. The molecule has 1 amide bonds. The van der Waals surface area contributed by atoms with Crippen LogP contribution in [0.1, 0.15) is 30.0 Å². The molecule has 0 radical (unpaired) electrons. The Kier molecular flexibility index (Phi) is 8.33. The molecule has 2 rings (SSSR count). The van der Waals surface area contributed by atoms with Crippen LogP contribution in [0.25, 0.3) is 0 Å². The van der Waals surface area contributed by atoms with Crippen LogP contribution in [-0.4, -0.2) is 47.4 Å². The first-order valence-electron chi connectivity index (χ1n) is 10.2. The third-order valence-electron chi connectivity index (χ3n) is 5.24. The largest absolute Gasteiger partial charge is 0.493 e. The lowest BCUT2D eigenvalue weighted by molar-refractivity contribution is -0.122. The predicted molar refractivity (Wildman–Crippen MR) is 124 cm³/mol. The van der Waals surface area contributed by atoms with E-state index in [4.69, 9.17) is 9.47 Å². The minimum atomic E-state index is -3.66. The number of carbonyl (C=O) groups is 1. The van der Waals surface area contributed by atoms with Crippen LogP contribution in [0, 0.1) is 13.8 Å². The zero-order valence-electron chi connectivity index (χ0n) is 19.1. The van der Waals surface area contributed by atoms with E-state index in [1.165, 1.54) is 4.31 Å². The van der Waals surface area contributed by atoms with Crippen LogP contribution in [0.15, 0.2) is 36.4 Å². The van der Waals surface area contributed by atoms with Gasteiger partial charge < -0.3 is 14.8 Å². The molecule has 31 heavy (non-hydrogen) atoms. The van der Waals surface area contributed by atoms with Crippen LogP contribution in [0.3, 0.4) is 0 Å². The average molecular weight is 449 g/mol. The molecule has 1 N–H and O–H groups in total. The molecule has 0 spiro atoms. The second-order valence-corrected chi connectivity index (χ2v) is 9.34. The topological polar surface area (TPSA) is 84.9 Å². The van der Waals surface area contributed by atoms with Crippen molar-refractivity contribution >= 4 is 21.6 Å². The van der Waals surface area contributed by atoms with E-state index in [1.807, 2.05) is 38.1 Å². The third kappa shape index (κ3) is 6.13. The molecule has 2 aromatic rings. The fourth-order valence-corrected chi connectivity index (χ4v) is 4.61. The van der Waals surface area contributed by atoms with Gasteiger partial charge in [-0.2, -0.15) is 0 Å². The van der Waals surface area contributed by atoms with Crippen molar-refractivity contribution < 1.29 is 22.7 Å². The van der Waals surface area contributed by atoms with Crippen LogP contribution < -0.4 is 19.1 Å². The lowest BCUT2D eigenvalue weighted by Gasteiger charge is -2.30. The van der Waals surface area contributed by atoms with Gasteiger partial charge in [-0.1, -0.05) is 19.1 Å². The molecule has 0 aromatic heterocycles. The molecule has 170 valence electrons. The Morgan fingerprint density at radius 2 is 1.71 bits per heavy atom. The number of hydrogen-bond donors (Lipinski definition) is 1. The van der Waals surface area contributed by atoms with E-state index in [1.54, 1.807) is 33.3 Å². The van der Waals surface area contributed by atoms with Gasteiger partial charge in [-0.05, 0) is 67.6 Å². The zero-order chi connectivity index (χ0) is 23.2. The van der Waals surface area contributed by atoms with Gasteiger partial charge in [0.05, 0.1) is 26.2 Å². The first kappa shape index (κ1) is 24.5. The lowest BCUT2D eigenvalue weighted by atomic mass is 10.1. The highest BCUT2D eigenvalue weighted by atomic mass is 32.2. The van der Waals surface area contributed by atoms with Crippen molar-refractivity contribution in [2.45, 2.75) is 39.7 Å². The highest BCUT2D eigenvalue weighted by Crippen LogP contribution is 2.28. The molecule has 0 aliphatic carbocycles. The number of sulfonamides is 1. The van der Waals surface area contributed by atoms with E-state index in [2.05, 4.69) is 5.32 Å². The highest BCUT2D eigenvalue weighted by Gasteiger charge is 2.31. The predicted octanol–water partition coefficient (Wildman–Crippen LogP) is 3.22. The first-order chi connectivity index (χ1) is 14.6. The maximum absolute atomic E-state index is 12.9. The number of rotatable bonds is 10. The number of benzene rings is 2. The van der Waals surface area contributed by atoms with Crippen molar-refractivity contribution in [2.24, 2.45) is 0 Å². The number of methoxy groups -OCH3 is 2. The Bertz CT molecular complexity index is 1020. The molecule has 0 aliphatic heterocycles. The number of amides is 1. The van der Waals surface area contributed by atoms with Gasteiger partial charge in [-0.15, -0.1) is 0 Å². The van der Waals surface area contributed by atoms with Crippen molar-refractivity contribution in [3.63, 3.8) is 0 Å². The second kappa shape index (κ2) is 10.5. The van der Waals surface area contributed by atoms with Crippen molar-refractivity contribution in [1.29, 1.82) is 0 Å². The molecule has 0 saturated heterocycles. The van der Waals surface area contributed by atoms with Crippen LogP contribution >= 0.6 is 0 Å². The summed E-state index contributed by atoms with van der Waals surface area (Å²) < 4.78 is 36.9. The summed E-state index contributed by atoms with van der Waals surface area (Å²) in [7, 11) is -0.509. The van der Waals surface area contributed by atoms with E-state index in [0.29, 0.717) is 36.6 Å². The van der Waals surface area contributed by atoms with Crippen molar-refractivity contribution in [3.05, 3.63) is 53.1 Å². The number of anilines is 1. The Morgan fingerprint density at radius 3 is 2.26 bits per heavy atom. The normalized spacial score (nSPS) is 12.2. The molecule has 8 heteroatoms. The van der Waals surface area contributed by atoms with Crippen molar-refractivity contribution in [3.8, 4) is 11.5 Å². The number of nitrogens with one attached hydrogen (secondary N) is 1. The Hall–Kier alpha value is -2.74. The Balaban J connectivity index is 2.16. The van der Waals surface area contributed by atoms with Gasteiger partial charge in [0.1, 0.15) is 6.04 Å². The summed E-state index contributed by atoms with van der Waals surface area (Å²) in [4.78, 5) is 12.9. The van der Waals surface area contributed by atoms with E-state index in [9.17, 15) is 13.2 Å². The maximum Gasteiger partial charge on any atom is 0.243 e. The number of nitrogens with zero attached hydrogens (tertiary/aromatic N) is 1. The fourth-order valence-electron chi connectivity index (χ4n) is 3.41. The molecule has 0 heterocycles. The fraction of sp³-hybridized carbons (Fsp3) is 0.435. The van der Waals surface area contributed by atoms with Gasteiger partial charge in [0.2, 0.25) is 15.9 Å². The van der Waals surface area contributed by atoms with Gasteiger partial charge in [0.15, 0.2) is 11.5 Å². The van der Waals surface area contributed by atoms with Crippen LogP contribution in [0.2, 0.25) is 0 Å². The Labute approximate surface area is 185 Å². The maximum atomic E-state index is 12.9. The van der Waals surface area contributed by atoms with Crippen LogP contribution in [-0.2, 0) is 21.2 Å². The monoisotopic (exact) mass is 448 g/mol. The zero-order valence-corrected chi connectivity index (χ0v) is 19.9. The molecule has 0 bridgehead atoms. The summed E-state index contributed by atoms with van der Waals surface area (Å²) in [6, 6.07) is 10.2. The Morgan fingerprint density at radius 1 is 1.03 bits per heavy atom. The van der Waals surface area contributed by atoms with E-state index in [0.717, 1.165) is 22.9 Å². The molecular weight excluding hydrogens is 416 g/mol. The minimum Gasteiger partial charge on any atom is -0.493 e. The molecule has 0 unspecified atom stereocenters. The number of aryl methyl sites for hydroxylation is 2. The third-order valence-corrected chi connectivity index (χ3v) is 6.42. The second-order valence-electron chi connectivity index (χ2n) is 7.48. The molecule has 0 fully saturated rings. The highest BCUT2D eigenvalue weighted by molar-refractivity contribution is 7.92. The smallest absolute Gasteiger partial charge is 0.243 e. The van der Waals surface area contributed by atoms with E-state index < -0.39 is 16.1 Å². The number of carbonyl (C=O) groups excluding carboxylic acids is 1.